The van der Waals surface area contributed by atoms with E-state index in [-0.39, 0.29) is 0 Å². The molecular formula is C11H19N3. The van der Waals surface area contributed by atoms with Crippen molar-refractivity contribution in [3.05, 3.63) is 23.3 Å². The third kappa shape index (κ3) is 3.07. The van der Waals surface area contributed by atoms with Gasteiger partial charge in [0.15, 0.2) is 0 Å². The lowest BCUT2D eigenvalue weighted by molar-refractivity contribution is 0.738. The molecule has 78 valence electrons. The third-order valence-corrected chi connectivity index (χ3v) is 2.20. The predicted octanol–water partition coefficient (Wildman–Crippen LogP) is 1.36. The predicted molar refractivity (Wildman–Crippen MR) is 58.4 cm³/mol. The molecule has 1 aromatic heterocycles. The summed E-state index contributed by atoms with van der Waals surface area (Å²) in [5.74, 6) is 0.968. The monoisotopic (exact) mass is 193 g/mol. The van der Waals surface area contributed by atoms with E-state index in [2.05, 4.69) is 35.2 Å². The maximum Gasteiger partial charge on any atom is 0.130 e. The molecule has 1 heterocycles. The molecule has 0 radical (unpaired) electrons. The molecule has 0 saturated carbocycles. The van der Waals surface area contributed by atoms with Gasteiger partial charge in [0.25, 0.3) is 0 Å². The van der Waals surface area contributed by atoms with E-state index in [0.29, 0.717) is 0 Å². The molecule has 0 fully saturated rings. The first-order valence-electron chi connectivity index (χ1n) is 5.30. The lowest BCUT2D eigenvalue weighted by atomic mass is 10.2. The average Bonchev–Trinajstić information content (AvgIpc) is 2.25. The van der Waals surface area contributed by atoms with Gasteiger partial charge in [-0.25, -0.2) is 9.97 Å². The molecule has 1 N–H and O–H groups in total. The first-order chi connectivity index (χ1) is 6.80. The fourth-order valence-corrected chi connectivity index (χ4v) is 1.32. The van der Waals surface area contributed by atoms with Gasteiger partial charge in [0.2, 0.25) is 0 Å². The van der Waals surface area contributed by atoms with E-state index in [0.717, 1.165) is 43.0 Å². The molecule has 0 saturated heterocycles. The van der Waals surface area contributed by atoms with Crippen molar-refractivity contribution in [1.82, 2.24) is 15.3 Å². The minimum Gasteiger partial charge on any atom is -0.319 e. The summed E-state index contributed by atoms with van der Waals surface area (Å²) < 4.78 is 0. The van der Waals surface area contributed by atoms with Gasteiger partial charge in [0.1, 0.15) is 5.82 Å². The highest BCUT2D eigenvalue weighted by atomic mass is 14.9. The van der Waals surface area contributed by atoms with E-state index in [1.165, 1.54) is 0 Å². The van der Waals surface area contributed by atoms with Gasteiger partial charge in [0.05, 0.1) is 0 Å². The van der Waals surface area contributed by atoms with Crippen LogP contribution >= 0.6 is 0 Å². The lowest BCUT2D eigenvalue weighted by Crippen LogP contribution is -2.13. The van der Waals surface area contributed by atoms with Gasteiger partial charge < -0.3 is 5.32 Å². The Kier molecular flexibility index (Phi) is 4.53. The Labute approximate surface area is 86.0 Å². The summed E-state index contributed by atoms with van der Waals surface area (Å²) in [7, 11) is 1.95. The van der Waals surface area contributed by atoms with Crippen LogP contribution in [0.25, 0.3) is 0 Å². The lowest BCUT2D eigenvalue weighted by Gasteiger charge is -2.05. The average molecular weight is 193 g/mol. The van der Waals surface area contributed by atoms with Crippen LogP contribution in [0.1, 0.15) is 31.1 Å². The molecule has 0 aliphatic rings. The minimum absolute atomic E-state index is 0.914. The van der Waals surface area contributed by atoms with Gasteiger partial charge in [-0.15, -0.1) is 0 Å². The van der Waals surface area contributed by atoms with Crippen molar-refractivity contribution >= 4 is 0 Å². The standard InChI is InChI=1S/C11H19N3/c1-4-9-8-10(5-2)14-11(13-9)6-7-12-3/h8,12H,4-7H2,1-3H3. The quantitative estimate of drug-likeness (QED) is 0.767. The first kappa shape index (κ1) is 11.1. The highest BCUT2D eigenvalue weighted by Gasteiger charge is 2.01. The largest absolute Gasteiger partial charge is 0.319 e. The molecule has 0 aliphatic carbocycles. The topological polar surface area (TPSA) is 37.8 Å². The van der Waals surface area contributed by atoms with Gasteiger partial charge in [-0.2, -0.15) is 0 Å². The molecule has 14 heavy (non-hydrogen) atoms. The molecule has 0 aliphatic heterocycles. The number of rotatable bonds is 5. The summed E-state index contributed by atoms with van der Waals surface area (Å²) in [6.07, 6.45) is 2.89. The fraction of sp³-hybridized carbons (Fsp3) is 0.636. The smallest absolute Gasteiger partial charge is 0.130 e. The second kappa shape index (κ2) is 5.70. The summed E-state index contributed by atoms with van der Waals surface area (Å²) in [6.45, 7) is 5.20. The Bertz CT molecular complexity index is 262. The van der Waals surface area contributed by atoms with Crippen LogP contribution in [0.3, 0.4) is 0 Å². The number of aromatic nitrogens is 2. The molecule has 1 aromatic rings. The maximum absolute atomic E-state index is 4.49. The van der Waals surface area contributed by atoms with Gasteiger partial charge in [-0.3, -0.25) is 0 Å². The molecule has 0 spiro atoms. The van der Waals surface area contributed by atoms with Crippen LogP contribution < -0.4 is 5.32 Å². The van der Waals surface area contributed by atoms with Crippen LogP contribution in [0.2, 0.25) is 0 Å². The van der Waals surface area contributed by atoms with Crippen LogP contribution in [0.4, 0.5) is 0 Å². The Hall–Kier alpha value is -0.960. The van der Waals surface area contributed by atoms with E-state index in [1.807, 2.05) is 7.05 Å². The van der Waals surface area contributed by atoms with E-state index in [1.54, 1.807) is 0 Å². The van der Waals surface area contributed by atoms with Crippen molar-refractivity contribution in [2.75, 3.05) is 13.6 Å². The second-order valence-corrected chi connectivity index (χ2v) is 3.33. The van der Waals surface area contributed by atoms with Gasteiger partial charge in [-0.1, -0.05) is 13.8 Å². The van der Waals surface area contributed by atoms with Crippen molar-refractivity contribution in [3.8, 4) is 0 Å². The highest BCUT2D eigenvalue weighted by molar-refractivity contribution is 5.11. The van der Waals surface area contributed by atoms with Crippen molar-refractivity contribution in [2.45, 2.75) is 33.1 Å². The van der Waals surface area contributed by atoms with Crippen LogP contribution in [-0.2, 0) is 19.3 Å². The highest BCUT2D eigenvalue weighted by Crippen LogP contribution is 2.03. The van der Waals surface area contributed by atoms with Crippen molar-refractivity contribution in [2.24, 2.45) is 0 Å². The molecule has 1 rings (SSSR count). The number of likely N-dealkylation sites (N-methyl/N-ethyl adjacent to an activating group) is 1. The summed E-state index contributed by atoms with van der Waals surface area (Å²) in [4.78, 5) is 8.97. The molecular weight excluding hydrogens is 174 g/mol. The molecule has 3 heteroatoms. The van der Waals surface area contributed by atoms with Crippen LogP contribution in [0.15, 0.2) is 6.07 Å². The van der Waals surface area contributed by atoms with Crippen molar-refractivity contribution in [3.63, 3.8) is 0 Å². The Morgan fingerprint density at radius 1 is 1.14 bits per heavy atom. The molecule has 0 amide bonds. The van der Waals surface area contributed by atoms with Crippen molar-refractivity contribution < 1.29 is 0 Å². The first-order valence-corrected chi connectivity index (χ1v) is 5.30. The minimum atomic E-state index is 0.914. The Morgan fingerprint density at radius 3 is 2.14 bits per heavy atom. The number of nitrogens with one attached hydrogen (secondary N) is 1. The summed E-state index contributed by atoms with van der Waals surface area (Å²) in [6, 6.07) is 2.10. The molecule has 3 nitrogen and oxygen atoms in total. The zero-order chi connectivity index (χ0) is 10.4. The SMILES string of the molecule is CCc1cc(CC)nc(CCNC)n1. The normalized spacial score (nSPS) is 10.5. The molecule has 0 atom stereocenters. The summed E-state index contributed by atoms with van der Waals surface area (Å²) >= 11 is 0. The van der Waals surface area contributed by atoms with Gasteiger partial charge in [0, 0.05) is 24.4 Å². The van der Waals surface area contributed by atoms with Crippen molar-refractivity contribution in [1.29, 1.82) is 0 Å². The summed E-state index contributed by atoms with van der Waals surface area (Å²) in [5.41, 5.74) is 2.31. The van der Waals surface area contributed by atoms with Crippen LogP contribution in [-0.4, -0.2) is 23.6 Å². The van der Waals surface area contributed by atoms with E-state index in [9.17, 15) is 0 Å². The van der Waals surface area contributed by atoms with E-state index < -0.39 is 0 Å². The molecule has 0 unspecified atom stereocenters. The number of hydrogen-bond acceptors (Lipinski definition) is 3. The number of nitrogens with zero attached hydrogens (tertiary/aromatic N) is 2. The fourth-order valence-electron chi connectivity index (χ4n) is 1.32. The Balaban J connectivity index is 2.81. The molecule has 0 aromatic carbocycles. The van der Waals surface area contributed by atoms with E-state index >= 15 is 0 Å². The number of hydrogen-bond donors (Lipinski definition) is 1. The molecule has 0 bridgehead atoms. The Morgan fingerprint density at radius 2 is 1.71 bits per heavy atom. The van der Waals surface area contributed by atoms with Gasteiger partial charge in [-0.05, 0) is 26.0 Å². The van der Waals surface area contributed by atoms with Crippen LogP contribution in [0.5, 0.6) is 0 Å². The maximum atomic E-state index is 4.49. The zero-order valence-electron chi connectivity index (χ0n) is 9.30. The van der Waals surface area contributed by atoms with Gasteiger partial charge >= 0.3 is 0 Å². The van der Waals surface area contributed by atoms with E-state index in [4.69, 9.17) is 0 Å². The second-order valence-electron chi connectivity index (χ2n) is 3.33. The zero-order valence-corrected chi connectivity index (χ0v) is 9.30. The van der Waals surface area contributed by atoms with Crippen LogP contribution in [0, 0.1) is 0 Å². The summed E-state index contributed by atoms with van der Waals surface area (Å²) in [5, 5.41) is 3.11. The third-order valence-electron chi connectivity index (χ3n) is 2.20. The number of aryl methyl sites for hydroxylation is 2.